The fraction of sp³-hybridized carbons (Fsp3) is 0.714. The molecular weight excluding hydrogens is 322 g/mol. The van der Waals surface area contributed by atoms with Gasteiger partial charge in [0.05, 0.1) is 0 Å². The molecule has 0 N–H and O–H groups in total. The minimum atomic E-state index is 0. The van der Waals surface area contributed by atoms with E-state index in [2.05, 4.69) is 41.2 Å². The molecule has 0 aromatic rings. The maximum atomic E-state index is 2.48. The first kappa shape index (κ1) is 21.4. The normalized spacial score (nSPS) is 26.1. The molecule has 0 radical (unpaired) electrons. The van der Waals surface area contributed by atoms with Gasteiger partial charge in [-0.25, -0.2) is 0 Å². The first-order chi connectivity index (χ1) is 7.15. The monoisotopic (exact) mass is 342 g/mol. The Kier molecular flexibility index (Phi) is 9.94. The van der Waals surface area contributed by atoms with E-state index in [4.69, 9.17) is 0 Å². The van der Waals surface area contributed by atoms with Gasteiger partial charge < -0.3 is 37.2 Å². The number of hydrogen-bond donors (Lipinski definition) is 0. The summed E-state index contributed by atoms with van der Waals surface area (Å²) in [7, 11) is 0. The molecule has 2 aliphatic carbocycles. The smallest absolute Gasteiger partial charge is 1.00 e. The van der Waals surface area contributed by atoms with Crippen LogP contribution in [-0.2, 0) is 20.4 Å². The predicted molar refractivity (Wildman–Crippen MR) is 61.5 cm³/mol. The van der Waals surface area contributed by atoms with Crippen LogP contribution < -0.4 is 37.2 Å². The van der Waals surface area contributed by atoms with Gasteiger partial charge >= 0.3 is 106 Å². The third-order valence-corrected chi connectivity index (χ3v) is 5.78. The van der Waals surface area contributed by atoms with Gasteiger partial charge in [0, 0.05) is 0 Å². The molecule has 0 fully saturated rings. The summed E-state index contributed by atoms with van der Waals surface area (Å²) in [6.07, 6.45) is 8.06. The molecule has 4 heteroatoms. The van der Waals surface area contributed by atoms with Gasteiger partial charge in [-0.1, -0.05) is 0 Å². The van der Waals surface area contributed by atoms with Crippen molar-refractivity contribution in [3.05, 3.63) is 22.3 Å². The molecule has 2 rings (SSSR count). The van der Waals surface area contributed by atoms with Crippen LogP contribution in [0.1, 0.15) is 59.3 Å². The van der Waals surface area contributed by atoms with Gasteiger partial charge in [-0.3, -0.25) is 0 Å². The Hall–Kier alpha value is 1.06. The van der Waals surface area contributed by atoms with Crippen molar-refractivity contribution in [2.75, 3.05) is 0 Å². The van der Waals surface area contributed by atoms with Gasteiger partial charge in [-0.15, -0.1) is 0 Å². The topological polar surface area (TPSA) is 0 Å². The number of rotatable bonds is 2. The van der Waals surface area contributed by atoms with Crippen molar-refractivity contribution in [2.24, 2.45) is 0 Å². The minimum Gasteiger partial charge on any atom is -1.00 e. The van der Waals surface area contributed by atoms with E-state index in [0.29, 0.717) is 3.72 Å². The van der Waals surface area contributed by atoms with Gasteiger partial charge in [0.1, 0.15) is 0 Å². The number of halogens is 3. The number of hydrogen-bond acceptors (Lipinski definition) is 0. The summed E-state index contributed by atoms with van der Waals surface area (Å²) >= 11 is 2.48. The van der Waals surface area contributed by atoms with Crippen LogP contribution in [-0.4, -0.2) is 0 Å². The van der Waals surface area contributed by atoms with E-state index in [0.717, 1.165) is 0 Å². The summed E-state index contributed by atoms with van der Waals surface area (Å²) in [6.45, 7) is 7.04. The molecular formula is C14H21Cl3Ti. The van der Waals surface area contributed by atoms with Crippen molar-refractivity contribution >= 4 is 0 Å². The largest absolute Gasteiger partial charge is 1.00 e. The predicted octanol–water partition coefficient (Wildman–Crippen LogP) is -4.28. The van der Waals surface area contributed by atoms with Crippen LogP contribution in [0.2, 0.25) is 3.72 Å². The average Bonchev–Trinajstić information content (AvgIpc) is 2.50. The molecule has 0 bridgehead atoms. The van der Waals surface area contributed by atoms with Crippen LogP contribution in [0.15, 0.2) is 22.3 Å². The number of allylic oxidation sites excluding steroid dienone is 4. The van der Waals surface area contributed by atoms with E-state index >= 15 is 0 Å². The van der Waals surface area contributed by atoms with Crippen molar-refractivity contribution in [2.45, 2.75) is 63.0 Å². The van der Waals surface area contributed by atoms with Crippen LogP contribution in [0, 0.1) is 0 Å². The van der Waals surface area contributed by atoms with Gasteiger partial charge in [0.2, 0.25) is 0 Å². The average molecular weight is 344 g/mol. The fourth-order valence-corrected chi connectivity index (χ4v) is 4.47. The zero-order valence-electron chi connectivity index (χ0n) is 11.4. The molecule has 18 heavy (non-hydrogen) atoms. The van der Waals surface area contributed by atoms with Crippen molar-refractivity contribution in [3.8, 4) is 0 Å². The molecule has 0 aliphatic heterocycles. The van der Waals surface area contributed by atoms with Crippen LogP contribution in [0.4, 0.5) is 0 Å². The molecule has 0 spiro atoms. The maximum Gasteiger partial charge on any atom is -1.00 e. The van der Waals surface area contributed by atoms with Crippen LogP contribution in [0.5, 0.6) is 0 Å². The third-order valence-electron chi connectivity index (χ3n) is 4.29. The van der Waals surface area contributed by atoms with Crippen LogP contribution >= 0.6 is 0 Å². The molecule has 0 saturated carbocycles. The van der Waals surface area contributed by atoms with Crippen molar-refractivity contribution in [1.29, 1.82) is 0 Å². The molecule has 0 aromatic carbocycles. The van der Waals surface area contributed by atoms with E-state index in [1.165, 1.54) is 38.5 Å². The standard InChI is InChI=1S/C14H21.3ClH.Ti/c1-4-11-10(3)13-8-6-7-9-14(13)12(11)5-2;;;;/h4-9H2,1-3H3;3*1H;/q;;;;+3/p-3. The summed E-state index contributed by atoms with van der Waals surface area (Å²) in [4.78, 5) is 0. The molecule has 0 aromatic heterocycles. The van der Waals surface area contributed by atoms with Crippen LogP contribution in [0.3, 0.4) is 0 Å². The van der Waals surface area contributed by atoms with Gasteiger partial charge in [0.15, 0.2) is 0 Å². The van der Waals surface area contributed by atoms with Gasteiger partial charge in [-0.2, -0.15) is 0 Å². The first-order valence-corrected chi connectivity index (χ1v) is 7.11. The summed E-state index contributed by atoms with van der Waals surface area (Å²) in [6, 6.07) is 0. The Morgan fingerprint density at radius 3 is 2.11 bits per heavy atom. The molecule has 0 nitrogen and oxygen atoms in total. The minimum absolute atomic E-state index is 0. The van der Waals surface area contributed by atoms with E-state index < -0.39 is 0 Å². The zero-order valence-corrected chi connectivity index (χ0v) is 15.2. The third kappa shape index (κ3) is 3.21. The maximum absolute atomic E-state index is 2.48. The molecule has 1 unspecified atom stereocenters. The van der Waals surface area contributed by atoms with Crippen LogP contribution in [0.25, 0.3) is 0 Å². The summed E-state index contributed by atoms with van der Waals surface area (Å²) < 4.78 is 0.425. The summed E-state index contributed by atoms with van der Waals surface area (Å²) in [5, 5.41) is 0. The fourth-order valence-electron chi connectivity index (χ4n) is 3.47. The van der Waals surface area contributed by atoms with E-state index in [9.17, 15) is 0 Å². The molecule has 1 atom stereocenters. The molecule has 102 valence electrons. The molecule has 2 aliphatic rings. The summed E-state index contributed by atoms with van der Waals surface area (Å²) in [5.41, 5.74) is 6.92. The second-order valence-electron chi connectivity index (χ2n) is 4.88. The first-order valence-electron chi connectivity index (χ1n) is 6.33. The quantitative estimate of drug-likeness (QED) is 0.446. The van der Waals surface area contributed by atoms with Gasteiger partial charge in [-0.05, 0) is 0 Å². The Labute approximate surface area is 142 Å². The SMILES string of the molecule is CCC1=C(C)C2=C(CCCC2)[C]1([Ti+3])CC.[Cl-].[Cl-].[Cl-]. The Balaban J connectivity index is 0. The Morgan fingerprint density at radius 1 is 1.06 bits per heavy atom. The molecule has 0 amide bonds. The van der Waals surface area contributed by atoms with E-state index in [1.807, 2.05) is 0 Å². The van der Waals surface area contributed by atoms with Crippen molar-refractivity contribution in [3.63, 3.8) is 0 Å². The second-order valence-corrected chi connectivity index (χ2v) is 6.21. The Bertz CT molecular complexity index is 347. The van der Waals surface area contributed by atoms with Crippen molar-refractivity contribution in [1.82, 2.24) is 0 Å². The van der Waals surface area contributed by atoms with E-state index in [-0.39, 0.29) is 37.2 Å². The zero-order chi connectivity index (χ0) is 11.1. The summed E-state index contributed by atoms with van der Waals surface area (Å²) in [5.74, 6) is 0. The second kappa shape index (κ2) is 8.37. The molecule has 0 saturated heterocycles. The van der Waals surface area contributed by atoms with E-state index in [1.54, 1.807) is 22.3 Å². The van der Waals surface area contributed by atoms with Gasteiger partial charge in [0.25, 0.3) is 0 Å². The molecule has 0 heterocycles. The van der Waals surface area contributed by atoms with Crippen molar-refractivity contribution < 1.29 is 57.7 Å². The Morgan fingerprint density at radius 2 is 1.61 bits per heavy atom.